The monoisotopic (exact) mass is 128 g/mol. The summed E-state index contributed by atoms with van der Waals surface area (Å²) in [6, 6.07) is 0.273. The van der Waals surface area contributed by atoms with Gasteiger partial charge < -0.3 is 5.11 Å². The van der Waals surface area contributed by atoms with Crippen LogP contribution in [-0.2, 0) is 0 Å². The van der Waals surface area contributed by atoms with Gasteiger partial charge in [0, 0.05) is 18.7 Å². The van der Waals surface area contributed by atoms with Crippen molar-refractivity contribution < 1.29 is 5.11 Å². The molecule has 0 radical (unpaired) electrons. The zero-order valence-electron chi connectivity index (χ0n) is 5.97. The molecule has 0 fully saturated rings. The van der Waals surface area contributed by atoms with Crippen LogP contribution in [0.2, 0.25) is 0 Å². The summed E-state index contributed by atoms with van der Waals surface area (Å²) in [6.07, 6.45) is 0. The summed E-state index contributed by atoms with van der Waals surface area (Å²) in [5, 5.41) is 10.8. The van der Waals surface area contributed by atoms with Gasteiger partial charge in [0.25, 0.3) is 0 Å². The Hall–Kier alpha value is -0.700. The summed E-state index contributed by atoms with van der Waals surface area (Å²) in [5.74, 6) is 0.350. The van der Waals surface area contributed by atoms with Crippen LogP contribution in [0.15, 0.2) is 11.5 Å². The molecule has 0 aromatic carbocycles. The molecule has 1 aliphatic heterocycles. The fraction of sp³-hybridized carbons (Fsp3) is 0.667. The highest BCUT2D eigenvalue weighted by Crippen LogP contribution is 2.14. The highest BCUT2D eigenvalue weighted by Gasteiger charge is 2.20. The van der Waals surface area contributed by atoms with Gasteiger partial charge >= 0.3 is 0 Å². The topological polar surface area (TPSA) is 35.5 Å². The molecule has 1 aliphatic rings. The van der Waals surface area contributed by atoms with E-state index in [1.807, 2.05) is 13.8 Å². The van der Waals surface area contributed by atoms with Gasteiger partial charge in [-0.1, -0.05) is 0 Å². The Morgan fingerprint density at radius 3 is 2.33 bits per heavy atom. The van der Waals surface area contributed by atoms with Crippen LogP contribution in [0.25, 0.3) is 0 Å². The van der Waals surface area contributed by atoms with E-state index in [4.69, 9.17) is 0 Å². The van der Waals surface area contributed by atoms with Gasteiger partial charge in [-0.05, 0) is 13.8 Å². The van der Waals surface area contributed by atoms with Gasteiger partial charge in [-0.2, -0.15) is 0 Å². The maximum Gasteiger partial charge on any atom is 0.201 e. The number of nitrogens with one attached hydrogen (secondary N) is 1. The van der Waals surface area contributed by atoms with Gasteiger partial charge in [-0.3, -0.25) is 5.01 Å². The second-order valence-corrected chi connectivity index (χ2v) is 2.42. The molecule has 1 atom stereocenters. The lowest BCUT2D eigenvalue weighted by Gasteiger charge is -2.11. The molecule has 0 aliphatic carbocycles. The van der Waals surface area contributed by atoms with E-state index in [0.717, 1.165) is 5.57 Å². The molecule has 3 nitrogen and oxygen atoms in total. The standard InChI is InChI=1S/C6H12N2O/c1-4-5(2)7-8(3)6(4)9/h5,7,9H,1-3H3. The van der Waals surface area contributed by atoms with Crippen LogP contribution in [0.5, 0.6) is 0 Å². The molecule has 2 N–H and O–H groups in total. The molecule has 0 aromatic rings. The summed E-state index contributed by atoms with van der Waals surface area (Å²) in [6.45, 7) is 3.92. The molecule has 3 heteroatoms. The third-order valence-corrected chi connectivity index (χ3v) is 1.71. The van der Waals surface area contributed by atoms with Gasteiger partial charge in [0.2, 0.25) is 5.88 Å². The summed E-state index contributed by atoms with van der Waals surface area (Å²) in [5.41, 5.74) is 4.02. The van der Waals surface area contributed by atoms with Crippen molar-refractivity contribution in [3.05, 3.63) is 11.5 Å². The molecule has 52 valence electrons. The number of hydrogen-bond acceptors (Lipinski definition) is 3. The molecule has 0 amide bonds. The van der Waals surface area contributed by atoms with Crippen molar-refractivity contribution in [3.63, 3.8) is 0 Å². The van der Waals surface area contributed by atoms with Crippen molar-refractivity contribution >= 4 is 0 Å². The Morgan fingerprint density at radius 2 is 2.22 bits per heavy atom. The second kappa shape index (κ2) is 1.92. The maximum absolute atomic E-state index is 9.18. The molecule has 0 spiro atoms. The molecule has 1 heterocycles. The normalized spacial score (nSPS) is 27.9. The van der Waals surface area contributed by atoms with E-state index in [0.29, 0.717) is 5.88 Å². The Balaban J connectivity index is 2.79. The van der Waals surface area contributed by atoms with Crippen LogP contribution in [-0.4, -0.2) is 23.2 Å². The first-order valence-electron chi connectivity index (χ1n) is 3.02. The van der Waals surface area contributed by atoms with Crippen LogP contribution in [0, 0.1) is 0 Å². The van der Waals surface area contributed by atoms with Gasteiger partial charge in [-0.15, -0.1) is 0 Å². The third kappa shape index (κ3) is 0.876. The number of hydrazine groups is 1. The molecule has 0 bridgehead atoms. The van der Waals surface area contributed by atoms with Crippen molar-refractivity contribution in [2.75, 3.05) is 7.05 Å². The third-order valence-electron chi connectivity index (χ3n) is 1.71. The van der Waals surface area contributed by atoms with Gasteiger partial charge in [0.05, 0.1) is 0 Å². The molecule has 0 saturated heterocycles. The van der Waals surface area contributed by atoms with Gasteiger partial charge in [0.1, 0.15) is 0 Å². The number of aliphatic hydroxyl groups excluding tert-OH is 1. The lowest BCUT2D eigenvalue weighted by atomic mass is 10.2. The number of hydrogen-bond donors (Lipinski definition) is 2. The zero-order valence-corrected chi connectivity index (χ0v) is 5.97. The first-order chi connectivity index (χ1) is 4.13. The highest BCUT2D eigenvalue weighted by atomic mass is 16.3. The quantitative estimate of drug-likeness (QED) is 0.502. The molecular formula is C6H12N2O. The Morgan fingerprint density at radius 1 is 1.67 bits per heavy atom. The average molecular weight is 128 g/mol. The average Bonchev–Trinajstić information content (AvgIpc) is 1.98. The number of nitrogens with zero attached hydrogens (tertiary/aromatic N) is 1. The van der Waals surface area contributed by atoms with E-state index in [1.54, 1.807) is 12.1 Å². The van der Waals surface area contributed by atoms with E-state index in [2.05, 4.69) is 5.43 Å². The molecule has 0 saturated carbocycles. The Kier molecular flexibility index (Phi) is 1.37. The first-order valence-corrected chi connectivity index (χ1v) is 3.02. The lowest BCUT2D eigenvalue weighted by Crippen LogP contribution is -2.32. The smallest absolute Gasteiger partial charge is 0.201 e. The maximum atomic E-state index is 9.18. The summed E-state index contributed by atoms with van der Waals surface area (Å²) in [7, 11) is 1.79. The largest absolute Gasteiger partial charge is 0.494 e. The van der Waals surface area contributed by atoms with Crippen molar-refractivity contribution in [2.45, 2.75) is 19.9 Å². The van der Waals surface area contributed by atoms with Crippen molar-refractivity contribution in [1.29, 1.82) is 0 Å². The SMILES string of the molecule is CC1=C(O)N(C)NC1C. The summed E-state index contributed by atoms with van der Waals surface area (Å²) in [4.78, 5) is 0. The van der Waals surface area contributed by atoms with Gasteiger partial charge in [0.15, 0.2) is 0 Å². The van der Waals surface area contributed by atoms with Crippen molar-refractivity contribution in [1.82, 2.24) is 10.4 Å². The first kappa shape index (κ1) is 6.42. The van der Waals surface area contributed by atoms with Crippen LogP contribution < -0.4 is 5.43 Å². The fourth-order valence-electron chi connectivity index (χ4n) is 0.907. The fourth-order valence-corrected chi connectivity index (χ4v) is 0.907. The van der Waals surface area contributed by atoms with E-state index in [9.17, 15) is 5.11 Å². The number of aliphatic hydroxyl groups is 1. The van der Waals surface area contributed by atoms with Crippen molar-refractivity contribution in [2.24, 2.45) is 0 Å². The van der Waals surface area contributed by atoms with E-state index < -0.39 is 0 Å². The lowest BCUT2D eigenvalue weighted by molar-refractivity contribution is 0.197. The minimum atomic E-state index is 0.273. The predicted octanol–water partition coefficient (Wildman–Crippen LogP) is 0.614. The molecular weight excluding hydrogens is 116 g/mol. The zero-order chi connectivity index (χ0) is 7.02. The van der Waals surface area contributed by atoms with E-state index in [-0.39, 0.29) is 6.04 Å². The summed E-state index contributed by atoms with van der Waals surface area (Å²) < 4.78 is 0. The molecule has 9 heavy (non-hydrogen) atoms. The Labute approximate surface area is 54.9 Å². The van der Waals surface area contributed by atoms with Crippen LogP contribution in [0.4, 0.5) is 0 Å². The van der Waals surface area contributed by atoms with E-state index >= 15 is 0 Å². The van der Waals surface area contributed by atoms with E-state index in [1.165, 1.54) is 0 Å². The van der Waals surface area contributed by atoms with Gasteiger partial charge in [-0.25, -0.2) is 5.43 Å². The molecule has 1 rings (SSSR count). The van der Waals surface area contributed by atoms with Crippen LogP contribution in [0.3, 0.4) is 0 Å². The second-order valence-electron chi connectivity index (χ2n) is 2.42. The molecule has 1 unspecified atom stereocenters. The Bertz CT molecular complexity index is 137. The van der Waals surface area contributed by atoms with Crippen LogP contribution in [0.1, 0.15) is 13.8 Å². The predicted molar refractivity (Wildman–Crippen MR) is 35.7 cm³/mol. The number of rotatable bonds is 0. The van der Waals surface area contributed by atoms with Crippen LogP contribution >= 0.6 is 0 Å². The summed E-state index contributed by atoms with van der Waals surface area (Å²) >= 11 is 0. The minimum Gasteiger partial charge on any atom is -0.494 e. The molecule has 0 aromatic heterocycles. The minimum absolute atomic E-state index is 0.273. The highest BCUT2D eigenvalue weighted by molar-refractivity contribution is 5.14. The van der Waals surface area contributed by atoms with Crippen molar-refractivity contribution in [3.8, 4) is 0 Å².